The van der Waals surface area contributed by atoms with E-state index in [1.54, 1.807) is 0 Å². The van der Waals surface area contributed by atoms with Gasteiger partial charge in [0, 0.05) is 24.3 Å². The third-order valence-electron chi connectivity index (χ3n) is 6.65. The van der Waals surface area contributed by atoms with Crippen molar-refractivity contribution < 1.29 is 4.74 Å². The van der Waals surface area contributed by atoms with Crippen molar-refractivity contribution in [1.82, 2.24) is 19.9 Å². The second-order valence-corrected chi connectivity index (χ2v) is 9.59. The Hall–Kier alpha value is -4.10. The highest BCUT2D eigenvalue weighted by Crippen LogP contribution is 2.31. The molecule has 5 aromatic rings. The lowest BCUT2D eigenvalue weighted by molar-refractivity contribution is -0.00565. The fourth-order valence-corrected chi connectivity index (χ4v) is 4.95. The van der Waals surface area contributed by atoms with Gasteiger partial charge >= 0.3 is 0 Å². The number of aryl methyl sites for hydroxylation is 1. The molecule has 0 amide bonds. The van der Waals surface area contributed by atoms with E-state index in [2.05, 4.69) is 88.4 Å². The minimum atomic E-state index is 0.176. The van der Waals surface area contributed by atoms with Crippen molar-refractivity contribution >= 4 is 28.4 Å². The summed E-state index contributed by atoms with van der Waals surface area (Å²) < 4.78 is 5.90. The summed E-state index contributed by atoms with van der Waals surface area (Å²) in [6, 6.07) is 22.8. The van der Waals surface area contributed by atoms with Crippen LogP contribution in [0.5, 0.6) is 0 Å². The third-order valence-corrected chi connectivity index (χ3v) is 6.65. The van der Waals surface area contributed by atoms with Gasteiger partial charge in [-0.3, -0.25) is 0 Å². The Morgan fingerprint density at radius 3 is 2.56 bits per heavy atom. The maximum atomic E-state index is 5.90. The number of imidazole rings is 2. The Morgan fingerprint density at radius 2 is 1.75 bits per heavy atom. The fourth-order valence-electron chi connectivity index (χ4n) is 4.95. The van der Waals surface area contributed by atoms with Crippen LogP contribution >= 0.6 is 0 Å². The highest BCUT2D eigenvalue weighted by molar-refractivity contribution is 5.92. The van der Waals surface area contributed by atoms with Crippen molar-refractivity contribution in [3.05, 3.63) is 78.5 Å². The molecule has 2 aromatic heterocycles. The molecule has 6 rings (SSSR count). The molecule has 3 aromatic carbocycles. The Kier molecular flexibility index (Phi) is 5.70. The van der Waals surface area contributed by atoms with E-state index < -0.39 is 0 Å². The van der Waals surface area contributed by atoms with Crippen LogP contribution in [0.2, 0.25) is 0 Å². The molecule has 0 spiro atoms. The molecule has 1 saturated heterocycles. The Morgan fingerprint density at radius 1 is 0.944 bits per heavy atom. The number of rotatable bonds is 5. The molecule has 1 aliphatic heterocycles. The van der Waals surface area contributed by atoms with Gasteiger partial charge < -0.3 is 24.9 Å². The van der Waals surface area contributed by atoms with E-state index in [1.165, 1.54) is 0 Å². The summed E-state index contributed by atoms with van der Waals surface area (Å²) >= 11 is 0. The quantitative estimate of drug-likeness (QED) is 0.277. The van der Waals surface area contributed by atoms with Gasteiger partial charge in [0.15, 0.2) is 0 Å². The van der Waals surface area contributed by atoms with Gasteiger partial charge in [-0.1, -0.05) is 42.5 Å². The maximum Gasteiger partial charge on any atom is 0.204 e. The largest absolute Gasteiger partial charge is 0.372 e. The van der Waals surface area contributed by atoms with Crippen molar-refractivity contribution in [3.63, 3.8) is 0 Å². The van der Waals surface area contributed by atoms with Gasteiger partial charge in [-0.25, -0.2) is 9.97 Å². The number of nitrogens with zero attached hydrogens (tertiary/aromatic N) is 3. The van der Waals surface area contributed by atoms with E-state index in [0.717, 1.165) is 69.7 Å². The lowest BCUT2D eigenvalue weighted by Crippen LogP contribution is -2.45. The highest BCUT2D eigenvalue weighted by Gasteiger charge is 2.24. The number of para-hydroxylation sites is 1. The zero-order valence-corrected chi connectivity index (χ0v) is 20.7. The molecular formula is C29H30N6O. The van der Waals surface area contributed by atoms with Gasteiger partial charge in [-0.15, -0.1) is 0 Å². The molecule has 7 heteroatoms. The minimum absolute atomic E-state index is 0.176. The van der Waals surface area contributed by atoms with Crippen LogP contribution in [0.1, 0.15) is 19.4 Å². The Bertz CT molecular complexity index is 1500. The molecule has 1 fully saturated rings. The molecule has 3 heterocycles. The summed E-state index contributed by atoms with van der Waals surface area (Å²) in [5.74, 6) is 1.74. The van der Waals surface area contributed by atoms with Crippen molar-refractivity contribution in [2.45, 2.75) is 33.0 Å². The van der Waals surface area contributed by atoms with Crippen LogP contribution in [0.3, 0.4) is 0 Å². The van der Waals surface area contributed by atoms with Crippen molar-refractivity contribution in [2.75, 3.05) is 23.3 Å². The van der Waals surface area contributed by atoms with Crippen LogP contribution in [0.25, 0.3) is 33.7 Å². The molecule has 0 bridgehead atoms. The predicted molar refractivity (Wildman–Crippen MR) is 146 cm³/mol. The molecule has 0 saturated carbocycles. The standard InChI is InChI=1S/C29H30N6O/c1-18-12-13-22(14-23(18)28-30-15-26(32-28)21-8-5-4-6-9-21)31-24-10-7-11-25-27(24)34-29(33-25)35-16-19(2)36-20(3)17-35/h4-15,19-20,31H,16-17H2,1-3H3,(H,30,32)(H,33,34)/t19-,20+. The molecule has 0 aliphatic carbocycles. The number of ether oxygens (including phenoxy) is 1. The first-order chi connectivity index (χ1) is 17.5. The van der Waals surface area contributed by atoms with E-state index >= 15 is 0 Å². The molecule has 0 radical (unpaired) electrons. The van der Waals surface area contributed by atoms with Crippen LogP contribution < -0.4 is 10.2 Å². The van der Waals surface area contributed by atoms with Crippen LogP contribution in [0, 0.1) is 6.92 Å². The minimum Gasteiger partial charge on any atom is -0.372 e. The zero-order chi connectivity index (χ0) is 24.6. The molecule has 36 heavy (non-hydrogen) atoms. The second-order valence-electron chi connectivity index (χ2n) is 9.59. The van der Waals surface area contributed by atoms with Crippen LogP contribution in [-0.2, 0) is 4.74 Å². The lowest BCUT2D eigenvalue weighted by atomic mass is 10.1. The summed E-state index contributed by atoms with van der Waals surface area (Å²) in [6.07, 6.45) is 2.24. The summed E-state index contributed by atoms with van der Waals surface area (Å²) in [5.41, 5.74) is 8.22. The number of fused-ring (bicyclic) bond motifs is 1. The smallest absolute Gasteiger partial charge is 0.204 e. The van der Waals surface area contributed by atoms with Crippen molar-refractivity contribution in [1.29, 1.82) is 0 Å². The molecule has 3 N–H and O–H groups in total. The van der Waals surface area contributed by atoms with Crippen LogP contribution in [-0.4, -0.2) is 45.2 Å². The van der Waals surface area contributed by atoms with Gasteiger partial charge in [-0.05, 0) is 56.2 Å². The fraction of sp³-hybridized carbons (Fsp3) is 0.241. The SMILES string of the molecule is Cc1ccc(Nc2cccc3[nH]c(N4C[C@@H](C)O[C@@H](C)C4)nc23)cc1-c1ncc(-c2ccccc2)[nH]1. The number of hydrogen-bond acceptors (Lipinski definition) is 5. The second kappa shape index (κ2) is 9.17. The maximum absolute atomic E-state index is 5.90. The summed E-state index contributed by atoms with van der Waals surface area (Å²) in [6.45, 7) is 7.96. The van der Waals surface area contributed by atoms with Gasteiger partial charge in [0.05, 0.1) is 35.3 Å². The lowest BCUT2D eigenvalue weighted by Gasteiger charge is -2.35. The summed E-state index contributed by atoms with van der Waals surface area (Å²) in [4.78, 5) is 18.9. The van der Waals surface area contributed by atoms with Crippen LogP contribution in [0.15, 0.2) is 72.9 Å². The van der Waals surface area contributed by atoms with Crippen molar-refractivity contribution in [2.24, 2.45) is 0 Å². The number of anilines is 3. The number of nitrogens with one attached hydrogen (secondary N) is 3. The van der Waals surface area contributed by atoms with E-state index in [4.69, 9.17) is 9.72 Å². The topological polar surface area (TPSA) is 81.9 Å². The molecule has 182 valence electrons. The number of H-pyrrole nitrogens is 2. The van der Waals surface area contributed by atoms with Crippen molar-refractivity contribution in [3.8, 4) is 22.6 Å². The van der Waals surface area contributed by atoms with E-state index in [0.29, 0.717) is 0 Å². The van der Waals surface area contributed by atoms with Gasteiger partial charge in [0.2, 0.25) is 5.95 Å². The first kappa shape index (κ1) is 22.4. The van der Waals surface area contributed by atoms with Crippen LogP contribution in [0.4, 0.5) is 17.3 Å². The number of aromatic nitrogens is 4. The summed E-state index contributed by atoms with van der Waals surface area (Å²) in [7, 11) is 0. The number of aromatic amines is 2. The average Bonchev–Trinajstić information content (AvgIpc) is 3.54. The predicted octanol–water partition coefficient (Wildman–Crippen LogP) is 6.29. The molecular weight excluding hydrogens is 448 g/mol. The molecule has 2 atom stereocenters. The Labute approximate surface area is 210 Å². The normalized spacial score (nSPS) is 18.0. The number of morpholine rings is 1. The summed E-state index contributed by atoms with van der Waals surface area (Å²) in [5, 5.41) is 3.59. The van der Waals surface area contributed by atoms with E-state index in [-0.39, 0.29) is 12.2 Å². The van der Waals surface area contributed by atoms with E-state index in [1.807, 2.05) is 30.5 Å². The first-order valence-corrected chi connectivity index (χ1v) is 12.4. The molecule has 7 nitrogen and oxygen atoms in total. The molecule has 1 aliphatic rings. The van der Waals surface area contributed by atoms with E-state index in [9.17, 15) is 0 Å². The van der Waals surface area contributed by atoms with Gasteiger partial charge in [-0.2, -0.15) is 0 Å². The number of hydrogen-bond donors (Lipinski definition) is 3. The third kappa shape index (κ3) is 4.33. The monoisotopic (exact) mass is 478 g/mol. The first-order valence-electron chi connectivity index (χ1n) is 12.4. The Balaban J connectivity index is 1.29. The zero-order valence-electron chi connectivity index (χ0n) is 20.7. The van der Waals surface area contributed by atoms with Gasteiger partial charge in [0.1, 0.15) is 11.3 Å². The number of benzene rings is 3. The average molecular weight is 479 g/mol. The molecule has 0 unspecified atom stereocenters. The van der Waals surface area contributed by atoms with Gasteiger partial charge in [0.25, 0.3) is 0 Å². The highest BCUT2D eigenvalue weighted by atomic mass is 16.5.